The van der Waals surface area contributed by atoms with Crippen LogP contribution in [0.2, 0.25) is 0 Å². The maximum atomic E-state index is 9.40. The standard InChI is InChI=1S/C40H24N4/c41-25-26-13-15-29(16-14-26)39-40(44-36-12-6-5-11-35(36)43-39)34-23-37(32-19-17-27-7-1-3-9-30(27)21-32)42-38(24-34)33-20-18-28-8-2-4-10-31(28)22-33/h1-24H. The minimum absolute atomic E-state index is 0.602. The van der Waals surface area contributed by atoms with Crippen molar-refractivity contribution in [2.24, 2.45) is 0 Å². The third-order valence-electron chi connectivity index (χ3n) is 8.05. The van der Waals surface area contributed by atoms with Crippen LogP contribution in [0.5, 0.6) is 0 Å². The molecular formula is C40H24N4. The molecule has 4 heteroatoms. The van der Waals surface area contributed by atoms with Crippen LogP contribution < -0.4 is 0 Å². The summed E-state index contributed by atoms with van der Waals surface area (Å²) in [6.07, 6.45) is 0. The fraction of sp³-hybridized carbons (Fsp3) is 0. The highest BCUT2D eigenvalue weighted by molar-refractivity contribution is 5.92. The van der Waals surface area contributed by atoms with Gasteiger partial charge in [0.1, 0.15) is 0 Å². The molecule has 2 heterocycles. The van der Waals surface area contributed by atoms with Gasteiger partial charge in [0.2, 0.25) is 0 Å². The fourth-order valence-electron chi connectivity index (χ4n) is 5.77. The molecule has 0 aliphatic carbocycles. The average Bonchev–Trinajstić information content (AvgIpc) is 3.10. The Morgan fingerprint density at radius 3 is 1.36 bits per heavy atom. The average molecular weight is 561 g/mol. The highest BCUT2D eigenvalue weighted by atomic mass is 14.8. The van der Waals surface area contributed by atoms with Crippen molar-refractivity contribution in [3.05, 3.63) is 151 Å². The van der Waals surface area contributed by atoms with Gasteiger partial charge in [-0.15, -0.1) is 0 Å². The van der Waals surface area contributed by atoms with E-state index in [4.69, 9.17) is 15.0 Å². The van der Waals surface area contributed by atoms with Crippen molar-refractivity contribution in [2.45, 2.75) is 0 Å². The Labute approximate surface area is 254 Å². The van der Waals surface area contributed by atoms with Gasteiger partial charge in [-0.3, -0.25) is 0 Å². The Hall–Kier alpha value is -6.18. The summed E-state index contributed by atoms with van der Waals surface area (Å²) in [5.41, 5.74) is 9.35. The van der Waals surface area contributed by atoms with E-state index in [1.54, 1.807) is 0 Å². The highest BCUT2D eigenvalue weighted by Crippen LogP contribution is 2.36. The van der Waals surface area contributed by atoms with E-state index in [0.29, 0.717) is 5.56 Å². The van der Waals surface area contributed by atoms with Crippen molar-refractivity contribution in [3.63, 3.8) is 0 Å². The smallest absolute Gasteiger partial charge is 0.0991 e. The minimum atomic E-state index is 0.602. The lowest BCUT2D eigenvalue weighted by Crippen LogP contribution is -1.98. The first kappa shape index (κ1) is 25.5. The molecule has 0 N–H and O–H groups in total. The quantitative estimate of drug-likeness (QED) is 0.215. The van der Waals surface area contributed by atoms with E-state index in [2.05, 4.69) is 103 Å². The zero-order valence-corrected chi connectivity index (χ0v) is 23.6. The Kier molecular flexibility index (Phi) is 6.14. The number of fused-ring (bicyclic) bond motifs is 3. The Morgan fingerprint density at radius 2 is 0.841 bits per heavy atom. The molecule has 0 amide bonds. The van der Waals surface area contributed by atoms with E-state index in [1.807, 2.05) is 48.5 Å². The number of pyridine rings is 1. The lowest BCUT2D eigenvalue weighted by molar-refractivity contribution is 1.27. The van der Waals surface area contributed by atoms with Crippen LogP contribution in [0, 0.1) is 11.3 Å². The number of hydrogen-bond acceptors (Lipinski definition) is 4. The van der Waals surface area contributed by atoms with Crippen LogP contribution in [-0.2, 0) is 0 Å². The van der Waals surface area contributed by atoms with E-state index in [9.17, 15) is 5.26 Å². The summed E-state index contributed by atoms with van der Waals surface area (Å²) in [4.78, 5) is 15.5. The summed E-state index contributed by atoms with van der Waals surface area (Å²) < 4.78 is 0. The lowest BCUT2D eigenvalue weighted by Gasteiger charge is -2.14. The molecule has 0 saturated heterocycles. The van der Waals surface area contributed by atoms with Crippen molar-refractivity contribution >= 4 is 32.6 Å². The maximum absolute atomic E-state index is 9.40. The molecule has 204 valence electrons. The van der Waals surface area contributed by atoms with Crippen LogP contribution in [0.4, 0.5) is 0 Å². The van der Waals surface area contributed by atoms with Crippen molar-refractivity contribution in [1.29, 1.82) is 5.26 Å². The third kappa shape index (κ3) is 4.63. The summed E-state index contributed by atoms with van der Waals surface area (Å²) in [7, 11) is 0. The molecule has 0 aliphatic heterocycles. The van der Waals surface area contributed by atoms with Crippen molar-refractivity contribution in [3.8, 4) is 51.1 Å². The van der Waals surface area contributed by atoms with Crippen molar-refractivity contribution in [2.75, 3.05) is 0 Å². The second-order valence-corrected chi connectivity index (χ2v) is 10.8. The molecule has 0 spiro atoms. The number of nitriles is 1. The Morgan fingerprint density at radius 1 is 0.386 bits per heavy atom. The van der Waals surface area contributed by atoms with Gasteiger partial charge in [0.15, 0.2) is 0 Å². The van der Waals surface area contributed by atoms with E-state index in [1.165, 1.54) is 10.8 Å². The van der Waals surface area contributed by atoms with E-state index < -0.39 is 0 Å². The van der Waals surface area contributed by atoms with Crippen molar-refractivity contribution < 1.29 is 0 Å². The molecule has 0 atom stereocenters. The molecule has 0 saturated carbocycles. The van der Waals surface area contributed by atoms with Gasteiger partial charge < -0.3 is 0 Å². The Balaban J connectivity index is 1.39. The van der Waals surface area contributed by atoms with Gasteiger partial charge in [-0.1, -0.05) is 97.1 Å². The normalized spacial score (nSPS) is 11.2. The van der Waals surface area contributed by atoms with Gasteiger partial charge in [-0.2, -0.15) is 5.26 Å². The van der Waals surface area contributed by atoms with Gasteiger partial charge >= 0.3 is 0 Å². The van der Waals surface area contributed by atoms with Crippen LogP contribution in [0.15, 0.2) is 146 Å². The predicted molar refractivity (Wildman–Crippen MR) is 179 cm³/mol. The van der Waals surface area contributed by atoms with E-state index in [0.717, 1.165) is 66.8 Å². The molecule has 8 aromatic rings. The number of nitrogens with zero attached hydrogens (tertiary/aromatic N) is 4. The lowest BCUT2D eigenvalue weighted by atomic mass is 9.97. The van der Waals surface area contributed by atoms with Gasteiger partial charge in [-0.25, -0.2) is 15.0 Å². The van der Waals surface area contributed by atoms with Gasteiger partial charge in [-0.05, 0) is 70.1 Å². The topological polar surface area (TPSA) is 62.5 Å². The zero-order valence-electron chi connectivity index (χ0n) is 23.6. The van der Waals surface area contributed by atoms with Crippen LogP contribution in [-0.4, -0.2) is 15.0 Å². The van der Waals surface area contributed by atoms with E-state index >= 15 is 0 Å². The second-order valence-electron chi connectivity index (χ2n) is 10.8. The molecule has 0 aliphatic rings. The number of benzene rings is 6. The first-order valence-corrected chi connectivity index (χ1v) is 14.5. The molecule has 0 unspecified atom stereocenters. The largest absolute Gasteiger partial charge is 0.248 e. The summed E-state index contributed by atoms with van der Waals surface area (Å²) in [5, 5.41) is 14.1. The molecule has 44 heavy (non-hydrogen) atoms. The number of para-hydroxylation sites is 2. The monoisotopic (exact) mass is 560 g/mol. The van der Waals surface area contributed by atoms with Crippen LogP contribution in [0.1, 0.15) is 5.56 Å². The Bertz CT molecular complexity index is 2300. The third-order valence-corrected chi connectivity index (χ3v) is 8.05. The van der Waals surface area contributed by atoms with Crippen LogP contribution in [0.25, 0.3) is 77.6 Å². The van der Waals surface area contributed by atoms with Gasteiger partial charge in [0.05, 0.1) is 45.4 Å². The summed E-state index contributed by atoms with van der Waals surface area (Å²) >= 11 is 0. The SMILES string of the molecule is N#Cc1ccc(-c2nc3ccccc3nc2-c2cc(-c3ccc4ccccc4c3)nc(-c3ccc4ccccc4c3)c2)cc1. The number of aromatic nitrogens is 3. The number of rotatable bonds is 4. The van der Waals surface area contributed by atoms with E-state index in [-0.39, 0.29) is 0 Å². The van der Waals surface area contributed by atoms with Crippen LogP contribution in [0.3, 0.4) is 0 Å². The zero-order chi connectivity index (χ0) is 29.5. The van der Waals surface area contributed by atoms with Crippen LogP contribution >= 0.6 is 0 Å². The summed E-state index contributed by atoms with van der Waals surface area (Å²) in [6, 6.07) is 51.6. The molecule has 0 bridgehead atoms. The predicted octanol–water partition coefficient (Wildman–Crippen LogP) is 9.87. The fourth-order valence-corrected chi connectivity index (χ4v) is 5.77. The first-order valence-electron chi connectivity index (χ1n) is 14.5. The molecule has 4 nitrogen and oxygen atoms in total. The molecule has 0 radical (unpaired) electrons. The summed E-state index contributed by atoms with van der Waals surface area (Å²) in [6.45, 7) is 0. The molecular weight excluding hydrogens is 536 g/mol. The molecule has 2 aromatic heterocycles. The molecule has 8 rings (SSSR count). The molecule has 0 fully saturated rings. The summed E-state index contributed by atoms with van der Waals surface area (Å²) in [5.74, 6) is 0. The second kappa shape index (κ2) is 10.6. The number of hydrogen-bond donors (Lipinski definition) is 0. The first-order chi connectivity index (χ1) is 21.7. The maximum Gasteiger partial charge on any atom is 0.0991 e. The highest BCUT2D eigenvalue weighted by Gasteiger charge is 2.17. The minimum Gasteiger partial charge on any atom is -0.248 e. The molecule has 6 aromatic carbocycles. The van der Waals surface area contributed by atoms with Gasteiger partial charge in [0.25, 0.3) is 0 Å². The van der Waals surface area contributed by atoms with Gasteiger partial charge in [0, 0.05) is 22.3 Å². The van der Waals surface area contributed by atoms with Crippen molar-refractivity contribution in [1.82, 2.24) is 15.0 Å².